The van der Waals surface area contributed by atoms with Crippen molar-refractivity contribution in [2.45, 2.75) is 19.1 Å². The third-order valence-electron chi connectivity index (χ3n) is 3.81. The number of halogens is 1. The number of hydrogen-bond acceptors (Lipinski definition) is 7. The number of carbonyl (C=O) groups is 1. The Morgan fingerprint density at radius 3 is 2.81 bits per heavy atom. The van der Waals surface area contributed by atoms with Crippen LogP contribution in [0.25, 0.3) is 11.3 Å². The van der Waals surface area contributed by atoms with E-state index in [2.05, 4.69) is 10.5 Å². The number of nitrogens with one attached hydrogen (secondary N) is 1. The highest BCUT2D eigenvalue weighted by atomic mass is 35.5. The minimum Gasteiger partial charge on any atom is -0.455 e. The highest BCUT2D eigenvalue weighted by molar-refractivity contribution is 6.33. The van der Waals surface area contributed by atoms with Gasteiger partial charge in [-0.3, -0.25) is 14.9 Å². The Morgan fingerprint density at radius 1 is 1.37 bits per heavy atom. The average Bonchev–Trinajstić information content (AvgIpc) is 3.24. The standard InChI is InChI=1S/C17H16ClN3O6/c1-17(25-6-7-26-17)9-16(22)20-19-10-12-3-5-15(27-12)13-8-11(21(23)24)2-4-14(13)18/h2-5,8,10H,6-7,9H2,1H3,(H,20,22). The third kappa shape index (κ3) is 4.70. The van der Waals surface area contributed by atoms with Crippen LogP contribution in [0.3, 0.4) is 0 Å². The van der Waals surface area contributed by atoms with Crippen molar-refractivity contribution in [3.8, 4) is 11.3 Å². The van der Waals surface area contributed by atoms with Crippen LogP contribution in [-0.4, -0.2) is 36.0 Å². The Hall–Kier alpha value is -2.75. The number of benzene rings is 1. The molecule has 1 fully saturated rings. The van der Waals surface area contributed by atoms with Crippen LogP contribution in [0.2, 0.25) is 5.02 Å². The maximum absolute atomic E-state index is 11.9. The monoisotopic (exact) mass is 393 g/mol. The molecule has 1 aliphatic rings. The van der Waals surface area contributed by atoms with Crippen molar-refractivity contribution in [3.05, 3.63) is 51.2 Å². The second-order valence-electron chi connectivity index (χ2n) is 5.92. The van der Waals surface area contributed by atoms with Crippen molar-refractivity contribution >= 4 is 29.4 Å². The molecule has 1 aromatic heterocycles. The summed E-state index contributed by atoms with van der Waals surface area (Å²) in [6.07, 6.45) is 1.32. The summed E-state index contributed by atoms with van der Waals surface area (Å²) >= 11 is 6.09. The van der Waals surface area contributed by atoms with Gasteiger partial charge in [0, 0.05) is 17.7 Å². The Bertz CT molecular complexity index is 889. The lowest BCUT2D eigenvalue weighted by Gasteiger charge is -2.20. The minimum atomic E-state index is -0.934. The summed E-state index contributed by atoms with van der Waals surface area (Å²) in [6.45, 7) is 2.58. The van der Waals surface area contributed by atoms with E-state index in [1.807, 2.05) is 0 Å². The number of ether oxygens (including phenoxy) is 2. The SMILES string of the molecule is CC1(CC(=O)NN=Cc2ccc(-c3cc([N+](=O)[O-])ccc3Cl)o2)OCCO1. The molecule has 3 rings (SSSR count). The van der Waals surface area contributed by atoms with Crippen LogP contribution < -0.4 is 5.43 Å². The fourth-order valence-corrected chi connectivity index (χ4v) is 2.75. The lowest BCUT2D eigenvalue weighted by atomic mass is 10.1. The predicted molar refractivity (Wildman–Crippen MR) is 96.5 cm³/mol. The largest absolute Gasteiger partial charge is 0.455 e. The van der Waals surface area contributed by atoms with Gasteiger partial charge in [-0.15, -0.1) is 0 Å². The molecule has 1 aliphatic heterocycles. The molecule has 27 heavy (non-hydrogen) atoms. The first-order valence-electron chi connectivity index (χ1n) is 8.00. The number of non-ortho nitro benzene ring substituents is 1. The van der Waals surface area contributed by atoms with E-state index in [0.717, 1.165) is 0 Å². The molecule has 0 saturated carbocycles. The van der Waals surface area contributed by atoms with Crippen molar-refractivity contribution < 1.29 is 23.6 Å². The smallest absolute Gasteiger partial charge is 0.270 e. The number of hydrazone groups is 1. The number of rotatable bonds is 6. The Balaban J connectivity index is 1.64. The van der Waals surface area contributed by atoms with Crippen LogP contribution in [-0.2, 0) is 14.3 Å². The molecular formula is C17H16ClN3O6. The highest BCUT2D eigenvalue weighted by Crippen LogP contribution is 2.32. The first-order chi connectivity index (χ1) is 12.9. The van der Waals surface area contributed by atoms with E-state index >= 15 is 0 Å². The molecule has 142 valence electrons. The summed E-state index contributed by atoms with van der Waals surface area (Å²) < 4.78 is 16.3. The maximum atomic E-state index is 11.9. The van der Waals surface area contributed by atoms with Crippen molar-refractivity contribution in [3.63, 3.8) is 0 Å². The van der Waals surface area contributed by atoms with E-state index in [-0.39, 0.29) is 18.0 Å². The van der Waals surface area contributed by atoms with E-state index in [9.17, 15) is 14.9 Å². The summed E-state index contributed by atoms with van der Waals surface area (Å²) in [5, 5.41) is 15.0. The van der Waals surface area contributed by atoms with Gasteiger partial charge in [-0.1, -0.05) is 11.6 Å². The minimum absolute atomic E-state index is 0.0109. The number of nitro benzene ring substituents is 1. The number of nitrogens with zero attached hydrogens (tertiary/aromatic N) is 2. The van der Waals surface area contributed by atoms with Crippen LogP contribution in [0.5, 0.6) is 0 Å². The molecule has 2 heterocycles. The van der Waals surface area contributed by atoms with Crippen LogP contribution in [0.1, 0.15) is 19.1 Å². The first-order valence-corrected chi connectivity index (χ1v) is 8.38. The van der Waals surface area contributed by atoms with Gasteiger partial charge in [-0.2, -0.15) is 5.10 Å². The molecule has 0 spiro atoms. The second kappa shape index (κ2) is 7.87. The summed E-state index contributed by atoms with van der Waals surface area (Å²) in [4.78, 5) is 22.3. The molecule has 0 radical (unpaired) electrons. The van der Waals surface area contributed by atoms with Gasteiger partial charge in [0.25, 0.3) is 5.69 Å². The zero-order chi connectivity index (χ0) is 19.4. The van der Waals surface area contributed by atoms with Gasteiger partial charge in [0.1, 0.15) is 11.5 Å². The zero-order valence-corrected chi connectivity index (χ0v) is 15.1. The molecule has 1 N–H and O–H groups in total. The zero-order valence-electron chi connectivity index (χ0n) is 14.3. The van der Waals surface area contributed by atoms with Gasteiger partial charge in [0.2, 0.25) is 5.91 Å². The average molecular weight is 394 g/mol. The Kier molecular flexibility index (Phi) is 5.54. The maximum Gasteiger partial charge on any atom is 0.270 e. The summed E-state index contributed by atoms with van der Waals surface area (Å²) in [6, 6.07) is 7.27. The molecule has 1 aromatic carbocycles. The summed E-state index contributed by atoms with van der Waals surface area (Å²) in [7, 11) is 0. The van der Waals surface area contributed by atoms with Gasteiger partial charge < -0.3 is 13.9 Å². The van der Waals surface area contributed by atoms with Crippen molar-refractivity contribution in [2.24, 2.45) is 5.10 Å². The Morgan fingerprint density at radius 2 is 2.11 bits per heavy atom. The van der Waals surface area contributed by atoms with Gasteiger partial charge in [-0.05, 0) is 25.1 Å². The molecule has 0 atom stereocenters. The fourth-order valence-electron chi connectivity index (χ4n) is 2.54. The number of nitro groups is 1. The molecule has 0 bridgehead atoms. The van der Waals surface area contributed by atoms with E-state index < -0.39 is 10.7 Å². The number of amides is 1. The van der Waals surface area contributed by atoms with Gasteiger partial charge in [0.15, 0.2) is 5.79 Å². The van der Waals surface area contributed by atoms with E-state index in [1.165, 1.54) is 24.4 Å². The van der Waals surface area contributed by atoms with Crippen molar-refractivity contribution in [1.29, 1.82) is 0 Å². The fraction of sp³-hybridized carbons (Fsp3) is 0.294. The quantitative estimate of drug-likeness (QED) is 0.458. The van der Waals surface area contributed by atoms with Gasteiger partial charge in [-0.25, -0.2) is 5.43 Å². The van der Waals surface area contributed by atoms with E-state index in [1.54, 1.807) is 19.1 Å². The van der Waals surface area contributed by atoms with E-state index in [0.29, 0.717) is 35.3 Å². The highest BCUT2D eigenvalue weighted by Gasteiger charge is 2.33. The Labute approximate surface area is 159 Å². The molecular weight excluding hydrogens is 378 g/mol. The van der Waals surface area contributed by atoms with E-state index in [4.69, 9.17) is 25.5 Å². The van der Waals surface area contributed by atoms with Crippen molar-refractivity contribution in [2.75, 3.05) is 13.2 Å². The summed E-state index contributed by atoms with van der Waals surface area (Å²) in [5.74, 6) is -0.621. The van der Waals surface area contributed by atoms with Crippen LogP contribution in [0, 0.1) is 10.1 Å². The third-order valence-corrected chi connectivity index (χ3v) is 4.14. The molecule has 9 nitrogen and oxygen atoms in total. The lowest BCUT2D eigenvalue weighted by Crippen LogP contribution is -2.33. The van der Waals surface area contributed by atoms with Gasteiger partial charge in [0.05, 0.1) is 35.8 Å². The lowest BCUT2D eigenvalue weighted by molar-refractivity contribution is -0.384. The summed E-state index contributed by atoms with van der Waals surface area (Å²) in [5.41, 5.74) is 2.65. The van der Waals surface area contributed by atoms with Crippen molar-refractivity contribution in [1.82, 2.24) is 5.43 Å². The molecule has 1 amide bonds. The normalized spacial score (nSPS) is 15.9. The number of carbonyl (C=O) groups excluding carboxylic acids is 1. The molecule has 10 heteroatoms. The number of hydrogen-bond donors (Lipinski definition) is 1. The second-order valence-corrected chi connectivity index (χ2v) is 6.33. The van der Waals surface area contributed by atoms with Crippen LogP contribution in [0.4, 0.5) is 5.69 Å². The first kappa shape index (κ1) is 19.0. The topological polar surface area (TPSA) is 116 Å². The van der Waals surface area contributed by atoms with Gasteiger partial charge >= 0.3 is 0 Å². The van der Waals surface area contributed by atoms with Crippen LogP contribution >= 0.6 is 11.6 Å². The molecule has 0 unspecified atom stereocenters. The number of furan rings is 1. The molecule has 2 aromatic rings. The molecule has 0 aliphatic carbocycles. The van der Waals surface area contributed by atoms with Crippen LogP contribution in [0.15, 0.2) is 39.9 Å². The predicted octanol–water partition coefficient (Wildman–Crippen LogP) is 3.11. The molecule has 1 saturated heterocycles.